The second-order valence-corrected chi connectivity index (χ2v) is 6.29. The number of hydrogen-bond donors (Lipinski definition) is 3. The van der Waals surface area contributed by atoms with Gasteiger partial charge in [0.2, 0.25) is 0 Å². The van der Waals surface area contributed by atoms with Crippen molar-refractivity contribution in [2.24, 2.45) is 21.9 Å². The number of nitrogens with zero attached hydrogens (tertiary/aromatic N) is 5. The number of nitrogen functional groups attached to an aromatic ring is 1. The van der Waals surface area contributed by atoms with Gasteiger partial charge in [-0.05, 0) is 24.6 Å². The number of hydrazine groups is 1. The highest BCUT2D eigenvalue weighted by Gasteiger charge is 2.36. The average molecular weight is 372 g/mol. The van der Waals surface area contributed by atoms with Gasteiger partial charge >= 0.3 is 0 Å². The van der Waals surface area contributed by atoms with Crippen molar-refractivity contribution in [3.05, 3.63) is 78.1 Å². The highest BCUT2D eigenvalue weighted by molar-refractivity contribution is 6.44. The fourth-order valence-electron chi connectivity index (χ4n) is 3.35. The lowest BCUT2D eigenvalue weighted by Gasteiger charge is -2.33. The van der Waals surface area contributed by atoms with Crippen molar-refractivity contribution in [1.29, 1.82) is 0 Å². The summed E-state index contributed by atoms with van der Waals surface area (Å²) in [6.07, 6.45) is 1.47. The molecular weight excluding hydrogens is 352 g/mol. The average Bonchev–Trinajstić information content (AvgIpc) is 2.78. The predicted octanol–water partition coefficient (Wildman–Crippen LogP) is 2.74. The van der Waals surface area contributed by atoms with Crippen LogP contribution in [0, 0.1) is 0 Å². The molecule has 0 amide bonds. The fraction of sp³-hybridized carbons (Fsp3) is 0.100. The standard InChI is InChI=1S/C20H20N8/c1-13(25-21)18-16(14-8-4-2-5-9-14)17-19(26-22)23-12-24-20(17)28(27-18)15-10-6-3-7-11-15/h2-12,16H,21-22H2,1H3,(H,23,24,26)/b25-13+. The van der Waals surface area contributed by atoms with Crippen molar-refractivity contribution in [1.82, 2.24) is 9.97 Å². The molecule has 1 aromatic heterocycles. The van der Waals surface area contributed by atoms with E-state index in [9.17, 15) is 0 Å². The molecule has 0 saturated carbocycles. The summed E-state index contributed by atoms with van der Waals surface area (Å²) in [5.74, 6) is 12.3. The largest absolute Gasteiger partial charge is 0.323 e. The Morgan fingerprint density at radius 3 is 2.36 bits per heavy atom. The Balaban J connectivity index is 2.02. The van der Waals surface area contributed by atoms with Gasteiger partial charge in [0.15, 0.2) is 5.82 Å². The second kappa shape index (κ2) is 7.45. The van der Waals surface area contributed by atoms with Gasteiger partial charge < -0.3 is 11.3 Å². The van der Waals surface area contributed by atoms with Crippen molar-refractivity contribution in [2.45, 2.75) is 12.8 Å². The van der Waals surface area contributed by atoms with Crippen LogP contribution in [0.1, 0.15) is 24.0 Å². The monoisotopic (exact) mass is 372 g/mol. The first kappa shape index (κ1) is 17.6. The molecule has 0 saturated heterocycles. The van der Waals surface area contributed by atoms with Gasteiger partial charge in [0, 0.05) is 0 Å². The third-order valence-corrected chi connectivity index (χ3v) is 4.67. The maximum Gasteiger partial charge on any atom is 0.163 e. The molecule has 2 aromatic carbocycles. The molecule has 1 unspecified atom stereocenters. The molecule has 3 aromatic rings. The number of rotatable bonds is 4. The Kier molecular flexibility index (Phi) is 4.69. The number of aromatic nitrogens is 2. The normalized spacial score (nSPS) is 16.4. The highest BCUT2D eigenvalue weighted by Crippen LogP contribution is 2.42. The van der Waals surface area contributed by atoms with Crippen molar-refractivity contribution in [2.75, 3.05) is 10.4 Å². The van der Waals surface area contributed by atoms with Crippen molar-refractivity contribution in [3.63, 3.8) is 0 Å². The molecule has 1 aliphatic rings. The second-order valence-electron chi connectivity index (χ2n) is 6.29. The first-order chi connectivity index (χ1) is 13.7. The maximum atomic E-state index is 5.80. The summed E-state index contributed by atoms with van der Waals surface area (Å²) in [7, 11) is 0. The van der Waals surface area contributed by atoms with Crippen molar-refractivity contribution >= 4 is 28.7 Å². The molecule has 1 atom stereocenters. The topological polar surface area (TPSA) is 118 Å². The first-order valence-electron chi connectivity index (χ1n) is 8.79. The minimum atomic E-state index is -0.268. The van der Waals surface area contributed by atoms with Gasteiger partial charge in [0.05, 0.1) is 28.6 Å². The zero-order valence-corrected chi connectivity index (χ0v) is 15.3. The van der Waals surface area contributed by atoms with Gasteiger partial charge in [-0.3, -0.25) is 0 Å². The number of hydrazone groups is 2. The maximum absolute atomic E-state index is 5.80. The van der Waals surface area contributed by atoms with Gasteiger partial charge in [-0.15, -0.1) is 0 Å². The molecule has 2 heterocycles. The van der Waals surface area contributed by atoms with Crippen LogP contribution in [0.2, 0.25) is 0 Å². The Morgan fingerprint density at radius 2 is 1.71 bits per heavy atom. The number of benzene rings is 2. The molecule has 1 aliphatic heterocycles. The van der Waals surface area contributed by atoms with Gasteiger partial charge in [0.1, 0.15) is 12.1 Å². The van der Waals surface area contributed by atoms with Gasteiger partial charge in [-0.25, -0.2) is 20.8 Å². The Morgan fingerprint density at radius 1 is 1.04 bits per heavy atom. The van der Waals surface area contributed by atoms with Crippen LogP contribution in [0.25, 0.3) is 0 Å². The predicted molar refractivity (Wildman–Crippen MR) is 111 cm³/mol. The third-order valence-electron chi connectivity index (χ3n) is 4.67. The Hall–Kier alpha value is -3.78. The van der Waals surface area contributed by atoms with E-state index in [1.807, 2.05) is 67.6 Å². The smallest absolute Gasteiger partial charge is 0.163 e. The number of hydrogen-bond acceptors (Lipinski definition) is 8. The fourth-order valence-corrected chi connectivity index (χ4v) is 3.35. The summed E-state index contributed by atoms with van der Waals surface area (Å²) in [6, 6.07) is 19.7. The van der Waals surface area contributed by atoms with E-state index in [0.29, 0.717) is 23.1 Å². The Labute approximate surface area is 162 Å². The number of nitrogens with one attached hydrogen (secondary N) is 1. The number of nitrogens with two attached hydrogens (primary N) is 2. The van der Waals surface area contributed by atoms with Crippen LogP contribution in [-0.2, 0) is 0 Å². The molecule has 0 aliphatic carbocycles. The van der Waals surface area contributed by atoms with Crippen LogP contribution in [0.15, 0.2) is 77.2 Å². The molecule has 8 heteroatoms. The lowest BCUT2D eigenvalue weighted by molar-refractivity contribution is 0.905. The SMILES string of the molecule is C/C(=N\N)C1=NN(c2ccccc2)c2ncnc(NN)c2C1c1ccccc1. The molecule has 5 N–H and O–H groups in total. The Bertz CT molecular complexity index is 1030. The molecular formula is C20H20N8. The lowest BCUT2D eigenvalue weighted by atomic mass is 9.84. The zero-order valence-electron chi connectivity index (χ0n) is 15.3. The van der Waals surface area contributed by atoms with Crippen LogP contribution >= 0.6 is 0 Å². The number of fused-ring (bicyclic) bond motifs is 1. The number of anilines is 3. The summed E-state index contributed by atoms with van der Waals surface area (Å²) < 4.78 is 0. The lowest BCUT2D eigenvalue weighted by Crippen LogP contribution is -2.33. The summed E-state index contributed by atoms with van der Waals surface area (Å²) in [6.45, 7) is 1.84. The molecule has 0 radical (unpaired) electrons. The summed E-state index contributed by atoms with van der Waals surface area (Å²) in [4.78, 5) is 8.86. The van der Waals surface area contributed by atoms with E-state index in [1.54, 1.807) is 5.01 Å². The molecule has 4 rings (SSSR count). The summed E-state index contributed by atoms with van der Waals surface area (Å²) in [5.41, 5.74) is 6.71. The quantitative estimate of drug-likeness (QED) is 0.368. The first-order valence-corrected chi connectivity index (χ1v) is 8.79. The van der Waals surface area contributed by atoms with Crippen molar-refractivity contribution < 1.29 is 0 Å². The highest BCUT2D eigenvalue weighted by atomic mass is 15.5. The van der Waals surface area contributed by atoms with Crippen molar-refractivity contribution in [3.8, 4) is 0 Å². The summed E-state index contributed by atoms with van der Waals surface area (Å²) in [5, 5.41) is 10.6. The van der Waals surface area contributed by atoms with E-state index < -0.39 is 0 Å². The minimum Gasteiger partial charge on any atom is -0.323 e. The molecule has 8 nitrogen and oxygen atoms in total. The third kappa shape index (κ3) is 2.95. The molecule has 140 valence electrons. The van der Waals surface area contributed by atoms with E-state index >= 15 is 0 Å². The molecule has 0 bridgehead atoms. The van der Waals surface area contributed by atoms with Crippen LogP contribution in [0.4, 0.5) is 17.3 Å². The van der Waals surface area contributed by atoms with Gasteiger partial charge in [-0.2, -0.15) is 10.2 Å². The van der Waals surface area contributed by atoms with E-state index in [2.05, 4.69) is 20.5 Å². The van der Waals surface area contributed by atoms with Gasteiger partial charge in [0.25, 0.3) is 0 Å². The number of para-hydroxylation sites is 1. The molecule has 0 spiro atoms. The van der Waals surface area contributed by atoms with E-state index in [0.717, 1.165) is 16.8 Å². The molecule has 28 heavy (non-hydrogen) atoms. The van der Waals surface area contributed by atoms with Crippen LogP contribution in [0.3, 0.4) is 0 Å². The minimum absolute atomic E-state index is 0.268. The van der Waals surface area contributed by atoms with E-state index in [-0.39, 0.29) is 5.92 Å². The van der Waals surface area contributed by atoms with E-state index in [1.165, 1.54) is 6.33 Å². The van der Waals surface area contributed by atoms with E-state index in [4.69, 9.17) is 16.8 Å². The zero-order chi connectivity index (χ0) is 19.5. The molecule has 0 fully saturated rings. The van der Waals surface area contributed by atoms with Crippen LogP contribution in [-0.4, -0.2) is 21.4 Å². The van der Waals surface area contributed by atoms with Crippen LogP contribution in [0.5, 0.6) is 0 Å². The summed E-state index contributed by atoms with van der Waals surface area (Å²) >= 11 is 0. The van der Waals surface area contributed by atoms with Gasteiger partial charge in [-0.1, -0.05) is 48.5 Å². The van der Waals surface area contributed by atoms with Crippen LogP contribution < -0.4 is 22.1 Å².